The molecule has 3 amide bonds. The Balaban J connectivity index is 1.47. The summed E-state index contributed by atoms with van der Waals surface area (Å²) >= 11 is 3.35. The van der Waals surface area contributed by atoms with Gasteiger partial charge in [0.25, 0.3) is 0 Å². The van der Waals surface area contributed by atoms with Crippen LogP contribution in [0.3, 0.4) is 0 Å². The second-order valence-corrected chi connectivity index (χ2v) is 8.15. The van der Waals surface area contributed by atoms with Crippen LogP contribution in [0, 0.1) is 5.92 Å². The van der Waals surface area contributed by atoms with Gasteiger partial charge in [-0.1, -0.05) is 0 Å². The van der Waals surface area contributed by atoms with E-state index in [4.69, 9.17) is 0 Å². The first-order valence-corrected chi connectivity index (χ1v) is 10.9. The maximum atomic E-state index is 12.9. The lowest BCUT2D eigenvalue weighted by atomic mass is 9.95. The largest absolute Gasteiger partial charge is 0.339 e. The van der Waals surface area contributed by atoms with Gasteiger partial charge in [-0.3, -0.25) is 4.79 Å². The number of rotatable bonds is 4. The number of carbonyl (C=O) groups excluding carboxylic acids is 2. The summed E-state index contributed by atoms with van der Waals surface area (Å²) in [5.41, 5.74) is 0. The van der Waals surface area contributed by atoms with Crippen molar-refractivity contribution in [3.63, 3.8) is 0 Å². The van der Waals surface area contributed by atoms with E-state index in [0.717, 1.165) is 43.5 Å². The smallest absolute Gasteiger partial charge is 0.319 e. The molecule has 0 N–H and O–H groups in total. The Morgan fingerprint density at radius 1 is 1.00 bits per heavy atom. The third-order valence-electron chi connectivity index (χ3n) is 5.63. The minimum atomic E-state index is 0.0243. The van der Waals surface area contributed by atoms with Gasteiger partial charge in [0.2, 0.25) is 11.9 Å². The lowest BCUT2D eigenvalue weighted by molar-refractivity contribution is -0.137. The molecule has 154 valence electrons. The van der Waals surface area contributed by atoms with Gasteiger partial charge in [-0.15, -0.1) is 0 Å². The third-order valence-corrected chi connectivity index (χ3v) is 6.04. The van der Waals surface area contributed by atoms with Gasteiger partial charge in [-0.25, -0.2) is 14.8 Å². The van der Waals surface area contributed by atoms with Crippen molar-refractivity contribution < 1.29 is 9.59 Å². The highest BCUT2D eigenvalue weighted by atomic mass is 79.9. The Morgan fingerprint density at radius 3 is 2.11 bits per heavy atom. The van der Waals surface area contributed by atoms with E-state index in [1.165, 1.54) is 0 Å². The maximum absolute atomic E-state index is 12.9. The van der Waals surface area contributed by atoms with Gasteiger partial charge in [0.05, 0.1) is 4.47 Å². The number of hydrogen-bond acceptors (Lipinski definition) is 5. The first-order valence-electron chi connectivity index (χ1n) is 10.1. The van der Waals surface area contributed by atoms with Crippen molar-refractivity contribution in [3.8, 4) is 0 Å². The van der Waals surface area contributed by atoms with E-state index >= 15 is 0 Å². The number of nitrogens with zero attached hydrogens (tertiary/aromatic N) is 6. The molecule has 1 aromatic heterocycles. The highest BCUT2D eigenvalue weighted by Gasteiger charge is 2.32. The summed E-state index contributed by atoms with van der Waals surface area (Å²) in [6.45, 7) is 9.64. The predicted octanol–water partition coefficient (Wildman–Crippen LogP) is 2.06. The van der Waals surface area contributed by atoms with E-state index in [1.54, 1.807) is 12.4 Å². The zero-order valence-electron chi connectivity index (χ0n) is 16.7. The Bertz CT molecular complexity index is 666. The fraction of sp³-hybridized carbons (Fsp3) is 0.684. The van der Waals surface area contributed by atoms with Crippen molar-refractivity contribution in [1.29, 1.82) is 0 Å². The van der Waals surface area contributed by atoms with Gasteiger partial charge in [0.15, 0.2) is 0 Å². The van der Waals surface area contributed by atoms with E-state index in [-0.39, 0.29) is 17.9 Å². The SMILES string of the molecule is CCN(CC)C(=O)N1CCC(C(=O)N2CCN(c3ncc(Br)cn3)CC2)CC1. The van der Waals surface area contributed by atoms with Crippen LogP contribution in [-0.2, 0) is 4.79 Å². The lowest BCUT2D eigenvalue weighted by Crippen LogP contribution is -2.53. The lowest BCUT2D eigenvalue weighted by Gasteiger charge is -2.39. The molecule has 0 radical (unpaired) electrons. The molecule has 0 aromatic carbocycles. The molecule has 0 bridgehead atoms. The fourth-order valence-electron chi connectivity index (χ4n) is 3.87. The minimum Gasteiger partial charge on any atom is -0.339 e. The Hall–Kier alpha value is -1.90. The molecule has 0 aliphatic carbocycles. The van der Waals surface area contributed by atoms with Crippen molar-refractivity contribution in [1.82, 2.24) is 24.7 Å². The van der Waals surface area contributed by atoms with E-state index in [1.807, 2.05) is 28.5 Å². The standard InChI is InChI=1S/C19H29BrN6O2/c1-3-23(4-2)19(28)26-7-5-15(6-8-26)17(27)24-9-11-25(12-10-24)18-21-13-16(20)14-22-18/h13-15H,3-12H2,1-2H3. The number of carbonyl (C=O) groups is 2. The molecule has 3 rings (SSSR count). The highest BCUT2D eigenvalue weighted by molar-refractivity contribution is 9.10. The molecular weight excluding hydrogens is 424 g/mol. The maximum Gasteiger partial charge on any atom is 0.319 e. The molecule has 28 heavy (non-hydrogen) atoms. The molecule has 2 fully saturated rings. The van der Waals surface area contributed by atoms with Crippen LogP contribution < -0.4 is 4.90 Å². The first kappa shape index (κ1) is 20.8. The van der Waals surface area contributed by atoms with Gasteiger partial charge >= 0.3 is 6.03 Å². The number of likely N-dealkylation sites (tertiary alicyclic amines) is 1. The van der Waals surface area contributed by atoms with E-state index < -0.39 is 0 Å². The molecule has 0 unspecified atom stereocenters. The van der Waals surface area contributed by atoms with Crippen LogP contribution in [0.2, 0.25) is 0 Å². The molecule has 2 aliphatic heterocycles. The van der Waals surface area contributed by atoms with Crippen LogP contribution in [0.5, 0.6) is 0 Å². The monoisotopic (exact) mass is 452 g/mol. The fourth-order valence-corrected chi connectivity index (χ4v) is 4.07. The number of halogens is 1. The summed E-state index contributed by atoms with van der Waals surface area (Å²) in [4.78, 5) is 41.9. The second-order valence-electron chi connectivity index (χ2n) is 7.23. The number of urea groups is 1. The molecule has 3 heterocycles. The molecule has 8 nitrogen and oxygen atoms in total. The average Bonchev–Trinajstić information content (AvgIpc) is 2.75. The van der Waals surface area contributed by atoms with Gasteiger partial charge in [0, 0.05) is 70.7 Å². The number of amides is 3. The molecule has 0 atom stereocenters. The molecular formula is C19H29BrN6O2. The topological polar surface area (TPSA) is 72.9 Å². The summed E-state index contributed by atoms with van der Waals surface area (Å²) < 4.78 is 0.857. The highest BCUT2D eigenvalue weighted by Crippen LogP contribution is 2.22. The van der Waals surface area contributed by atoms with Crippen LogP contribution in [0.25, 0.3) is 0 Å². The van der Waals surface area contributed by atoms with Gasteiger partial charge in [-0.05, 0) is 42.6 Å². The van der Waals surface area contributed by atoms with Crippen molar-refractivity contribution in [2.24, 2.45) is 5.92 Å². The van der Waals surface area contributed by atoms with Crippen molar-refractivity contribution in [2.45, 2.75) is 26.7 Å². The Labute approximate surface area is 175 Å². The van der Waals surface area contributed by atoms with Gasteiger partial charge in [0.1, 0.15) is 0 Å². The second kappa shape index (κ2) is 9.54. The van der Waals surface area contributed by atoms with Crippen molar-refractivity contribution >= 4 is 33.8 Å². The van der Waals surface area contributed by atoms with Crippen LogP contribution in [-0.4, -0.2) is 89.0 Å². The normalized spacial score (nSPS) is 18.3. The van der Waals surface area contributed by atoms with E-state index in [9.17, 15) is 9.59 Å². The summed E-state index contributed by atoms with van der Waals surface area (Å²) in [5, 5.41) is 0. The third kappa shape index (κ3) is 4.74. The molecule has 9 heteroatoms. The first-order chi connectivity index (χ1) is 13.5. The molecule has 0 spiro atoms. The summed E-state index contributed by atoms with van der Waals surface area (Å²) in [7, 11) is 0. The summed E-state index contributed by atoms with van der Waals surface area (Å²) in [6.07, 6.45) is 4.99. The van der Waals surface area contributed by atoms with Gasteiger partial charge < -0.3 is 19.6 Å². The Morgan fingerprint density at radius 2 is 1.57 bits per heavy atom. The molecule has 2 aliphatic rings. The zero-order valence-corrected chi connectivity index (χ0v) is 18.3. The van der Waals surface area contributed by atoms with Gasteiger partial charge in [-0.2, -0.15) is 0 Å². The summed E-state index contributed by atoms with van der Waals surface area (Å²) in [5.74, 6) is 0.959. The number of anilines is 1. The summed E-state index contributed by atoms with van der Waals surface area (Å²) in [6, 6.07) is 0.0963. The molecule has 1 aromatic rings. The average molecular weight is 453 g/mol. The minimum absolute atomic E-state index is 0.0243. The quantitative estimate of drug-likeness (QED) is 0.698. The van der Waals surface area contributed by atoms with Crippen LogP contribution in [0.1, 0.15) is 26.7 Å². The molecule has 2 saturated heterocycles. The molecule has 0 saturated carbocycles. The number of aromatic nitrogens is 2. The van der Waals surface area contributed by atoms with E-state index in [0.29, 0.717) is 32.1 Å². The van der Waals surface area contributed by atoms with Crippen LogP contribution in [0.15, 0.2) is 16.9 Å². The van der Waals surface area contributed by atoms with Crippen LogP contribution >= 0.6 is 15.9 Å². The number of piperidine rings is 1. The van der Waals surface area contributed by atoms with Crippen LogP contribution in [0.4, 0.5) is 10.7 Å². The zero-order chi connectivity index (χ0) is 20.1. The number of piperazine rings is 1. The van der Waals surface area contributed by atoms with E-state index in [2.05, 4.69) is 30.8 Å². The van der Waals surface area contributed by atoms with Crippen molar-refractivity contribution in [3.05, 3.63) is 16.9 Å². The predicted molar refractivity (Wildman–Crippen MR) is 111 cm³/mol. The van der Waals surface area contributed by atoms with Crippen molar-refractivity contribution in [2.75, 3.05) is 57.3 Å². The Kier molecular flexibility index (Phi) is 7.09. The number of hydrogen-bond donors (Lipinski definition) is 0.